The zero-order chi connectivity index (χ0) is 13.3. The zero-order valence-electron chi connectivity index (χ0n) is 10.0. The van der Waals surface area contributed by atoms with Gasteiger partial charge in [-0.15, -0.1) is 11.3 Å². The Morgan fingerprint density at radius 1 is 1.56 bits per heavy atom. The van der Waals surface area contributed by atoms with Gasteiger partial charge in [-0.1, -0.05) is 24.9 Å². The molecule has 0 radical (unpaired) electrons. The van der Waals surface area contributed by atoms with E-state index >= 15 is 0 Å². The smallest absolute Gasteiger partial charge is 0.206 e. The Bertz CT molecular complexity index is 510. The summed E-state index contributed by atoms with van der Waals surface area (Å²) in [5.74, 6) is 0. The molecule has 18 heavy (non-hydrogen) atoms. The Morgan fingerprint density at radius 3 is 2.83 bits per heavy atom. The molecule has 102 valence electrons. The van der Waals surface area contributed by atoms with Crippen LogP contribution < -0.4 is 0 Å². The van der Waals surface area contributed by atoms with Gasteiger partial charge in [0.1, 0.15) is 4.21 Å². The van der Waals surface area contributed by atoms with E-state index in [4.69, 9.17) is 11.6 Å². The van der Waals surface area contributed by atoms with E-state index in [1.807, 2.05) is 6.92 Å². The minimum absolute atomic E-state index is 0.128. The Hall–Kier alpha value is 0.380. The van der Waals surface area contributed by atoms with Gasteiger partial charge in [0.15, 0.2) is 0 Å². The van der Waals surface area contributed by atoms with E-state index < -0.39 is 10.0 Å². The van der Waals surface area contributed by atoms with Gasteiger partial charge in [-0.3, -0.25) is 0 Å². The number of nitrogens with zero attached hydrogens (tertiary/aromatic N) is 1. The van der Waals surface area contributed by atoms with E-state index in [-0.39, 0.29) is 6.04 Å². The quantitative estimate of drug-likeness (QED) is 0.800. The van der Waals surface area contributed by atoms with Crippen molar-refractivity contribution in [2.75, 3.05) is 6.54 Å². The Kier molecular flexibility index (Phi) is 4.75. The first-order valence-corrected chi connectivity index (χ1v) is 9.36. The van der Waals surface area contributed by atoms with Crippen molar-refractivity contribution < 1.29 is 8.42 Å². The van der Waals surface area contributed by atoms with Gasteiger partial charge >= 0.3 is 0 Å². The summed E-state index contributed by atoms with van der Waals surface area (Å²) in [6.07, 6.45) is 3.87. The van der Waals surface area contributed by atoms with Gasteiger partial charge < -0.3 is 0 Å². The molecule has 1 saturated heterocycles. The second-order valence-corrected chi connectivity index (χ2v) is 9.26. The van der Waals surface area contributed by atoms with E-state index in [0.717, 1.165) is 25.7 Å². The topological polar surface area (TPSA) is 37.4 Å². The summed E-state index contributed by atoms with van der Waals surface area (Å²) in [7, 11) is -3.39. The van der Waals surface area contributed by atoms with Gasteiger partial charge in [-0.05, 0) is 41.3 Å². The Balaban J connectivity index is 2.35. The van der Waals surface area contributed by atoms with Crippen LogP contribution in [0.5, 0.6) is 0 Å². The van der Waals surface area contributed by atoms with E-state index in [1.54, 1.807) is 4.31 Å². The summed E-state index contributed by atoms with van der Waals surface area (Å²) in [5, 5.41) is 0.462. The number of piperidine rings is 1. The van der Waals surface area contributed by atoms with Gasteiger partial charge in [0.2, 0.25) is 0 Å². The van der Waals surface area contributed by atoms with Crippen LogP contribution in [-0.2, 0) is 10.0 Å². The highest BCUT2D eigenvalue weighted by Crippen LogP contribution is 2.37. The van der Waals surface area contributed by atoms with Crippen molar-refractivity contribution in [1.29, 1.82) is 0 Å². The molecule has 2 rings (SSSR count). The molecule has 1 atom stereocenters. The first-order chi connectivity index (χ1) is 8.46. The van der Waals surface area contributed by atoms with Crippen LogP contribution in [0.2, 0.25) is 5.02 Å². The van der Waals surface area contributed by atoms with E-state index in [0.29, 0.717) is 19.6 Å². The molecule has 0 spiro atoms. The van der Waals surface area contributed by atoms with E-state index in [1.165, 1.54) is 17.4 Å². The van der Waals surface area contributed by atoms with Crippen LogP contribution in [0.25, 0.3) is 0 Å². The van der Waals surface area contributed by atoms with Crippen molar-refractivity contribution in [3.63, 3.8) is 0 Å². The van der Waals surface area contributed by atoms with Crippen molar-refractivity contribution in [2.24, 2.45) is 0 Å². The van der Waals surface area contributed by atoms with Gasteiger partial charge in [-0.2, -0.15) is 4.31 Å². The predicted molar refractivity (Wildman–Crippen MR) is 78.9 cm³/mol. The molecule has 1 fully saturated rings. The first-order valence-electron chi connectivity index (χ1n) is 5.93. The molecule has 1 aliphatic rings. The third-order valence-corrected chi connectivity index (χ3v) is 8.11. The molecule has 2 heterocycles. The molecule has 0 bridgehead atoms. The molecule has 1 aliphatic heterocycles. The molecular formula is C11H15BrClNO2S2. The summed E-state index contributed by atoms with van der Waals surface area (Å²) >= 11 is 10.4. The summed E-state index contributed by atoms with van der Waals surface area (Å²) in [5.41, 5.74) is 0. The standard InChI is InChI=1S/C11H15BrClNO2S2/c1-2-8-5-3-4-6-14(8)18(15,16)10-7-9(13)11(12)17-10/h7-8H,2-6H2,1H3. The fourth-order valence-corrected chi connectivity index (χ4v) is 6.56. The molecule has 0 N–H and O–H groups in total. The highest BCUT2D eigenvalue weighted by Gasteiger charge is 2.33. The fraction of sp³-hybridized carbons (Fsp3) is 0.636. The summed E-state index contributed by atoms with van der Waals surface area (Å²) in [6.45, 7) is 2.66. The van der Waals surface area contributed by atoms with Crippen LogP contribution in [0.4, 0.5) is 0 Å². The van der Waals surface area contributed by atoms with Gasteiger partial charge in [-0.25, -0.2) is 8.42 Å². The molecule has 1 unspecified atom stereocenters. The van der Waals surface area contributed by atoms with Crippen molar-refractivity contribution in [2.45, 2.75) is 42.9 Å². The lowest BCUT2D eigenvalue weighted by Crippen LogP contribution is -2.42. The van der Waals surface area contributed by atoms with Crippen molar-refractivity contribution in [3.05, 3.63) is 14.9 Å². The lowest BCUT2D eigenvalue weighted by Gasteiger charge is -2.33. The number of hydrogen-bond donors (Lipinski definition) is 0. The Labute approximate surface area is 125 Å². The van der Waals surface area contributed by atoms with Crippen molar-refractivity contribution in [1.82, 2.24) is 4.31 Å². The molecule has 1 aromatic rings. The number of rotatable bonds is 3. The second-order valence-electron chi connectivity index (χ2n) is 4.36. The first kappa shape index (κ1) is 14.8. The maximum Gasteiger partial charge on any atom is 0.252 e. The molecular weight excluding hydrogens is 358 g/mol. The number of hydrogen-bond acceptors (Lipinski definition) is 3. The van der Waals surface area contributed by atoms with Crippen LogP contribution in [0.3, 0.4) is 0 Å². The zero-order valence-corrected chi connectivity index (χ0v) is 14.0. The van der Waals surface area contributed by atoms with Gasteiger partial charge in [0, 0.05) is 12.6 Å². The monoisotopic (exact) mass is 371 g/mol. The van der Waals surface area contributed by atoms with E-state index in [2.05, 4.69) is 15.9 Å². The largest absolute Gasteiger partial charge is 0.252 e. The van der Waals surface area contributed by atoms with E-state index in [9.17, 15) is 8.42 Å². The summed E-state index contributed by atoms with van der Waals surface area (Å²) < 4.78 is 27.8. The van der Waals surface area contributed by atoms with Crippen LogP contribution in [0.15, 0.2) is 14.1 Å². The van der Waals surface area contributed by atoms with Crippen molar-refractivity contribution >= 4 is 48.9 Å². The van der Waals surface area contributed by atoms with Crippen molar-refractivity contribution in [3.8, 4) is 0 Å². The SMILES string of the molecule is CCC1CCCCN1S(=O)(=O)c1cc(Cl)c(Br)s1. The maximum atomic E-state index is 12.6. The Morgan fingerprint density at radius 2 is 2.28 bits per heavy atom. The lowest BCUT2D eigenvalue weighted by molar-refractivity contribution is 0.247. The van der Waals surface area contributed by atoms with Crippen LogP contribution in [0, 0.1) is 0 Å². The molecule has 0 aliphatic carbocycles. The van der Waals surface area contributed by atoms with Gasteiger partial charge in [0.05, 0.1) is 8.81 Å². The molecule has 0 amide bonds. The minimum Gasteiger partial charge on any atom is -0.206 e. The molecule has 1 aromatic heterocycles. The number of sulfonamides is 1. The number of halogens is 2. The average molecular weight is 373 g/mol. The van der Waals surface area contributed by atoms with Crippen LogP contribution >= 0.6 is 38.9 Å². The molecule has 0 aromatic carbocycles. The minimum atomic E-state index is -3.39. The van der Waals surface area contributed by atoms with Gasteiger partial charge in [0.25, 0.3) is 10.0 Å². The fourth-order valence-electron chi connectivity index (χ4n) is 2.27. The third-order valence-electron chi connectivity index (χ3n) is 3.23. The molecule has 7 heteroatoms. The average Bonchev–Trinajstić information content (AvgIpc) is 2.70. The number of thiophene rings is 1. The highest BCUT2D eigenvalue weighted by atomic mass is 79.9. The normalized spacial score (nSPS) is 22.3. The van der Waals surface area contributed by atoms with Crippen LogP contribution in [0.1, 0.15) is 32.6 Å². The molecule has 0 saturated carbocycles. The lowest BCUT2D eigenvalue weighted by atomic mass is 10.0. The highest BCUT2D eigenvalue weighted by molar-refractivity contribution is 9.11. The molecule has 3 nitrogen and oxygen atoms in total. The predicted octanol–water partition coefficient (Wildman–Crippen LogP) is 4.12. The van der Waals surface area contributed by atoms with Crippen LogP contribution in [-0.4, -0.2) is 25.3 Å². The third kappa shape index (κ3) is 2.77. The summed E-state index contributed by atoms with van der Waals surface area (Å²) in [6, 6.07) is 1.66. The second kappa shape index (κ2) is 5.79. The summed E-state index contributed by atoms with van der Waals surface area (Å²) in [4.78, 5) is 0. The maximum absolute atomic E-state index is 12.6.